The molecule has 39 heavy (non-hydrogen) atoms. The minimum atomic E-state index is -2.20. The van der Waals surface area contributed by atoms with Crippen LogP contribution in [0.25, 0.3) is 0 Å². The van der Waals surface area contributed by atoms with Crippen molar-refractivity contribution in [1.29, 1.82) is 0 Å². The van der Waals surface area contributed by atoms with Crippen molar-refractivity contribution in [2.75, 3.05) is 6.61 Å². The van der Waals surface area contributed by atoms with Gasteiger partial charge in [0.05, 0.1) is 18.8 Å². The van der Waals surface area contributed by atoms with Crippen LogP contribution in [0, 0.1) is 0 Å². The number of rotatable bonds is 7. The highest BCUT2D eigenvalue weighted by atomic mass is 28.4. The fourth-order valence-corrected chi connectivity index (χ4v) is 6.33. The molecule has 0 amide bonds. The monoisotopic (exact) mass is 570 g/mol. The van der Waals surface area contributed by atoms with Crippen molar-refractivity contribution in [1.82, 2.24) is 9.55 Å². The minimum Gasteiger partial charge on any atom is -0.457 e. The molecule has 8 atom stereocenters. The summed E-state index contributed by atoms with van der Waals surface area (Å²) in [5.74, 6) is -1.29. The Kier molecular flexibility index (Phi) is 8.36. The summed E-state index contributed by atoms with van der Waals surface area (Å²) in [5.41, 5.74) is -1.10. The van der Waals surface area contributed by atoms with E-state index in [1.807, 2.05) is 6.92 Å². The lowest BCUT2D eigenvalue weighted by Gasteiger charge is -2.45. The van der Waals surface area contributed by atoms with Crippen LogP contribution in [0.2, 0.25) is 18.1 Å². The SMILES string of the molecule is CC(=O)O[C@H]1[C@H](C)O[C@H](OC[C@H]2O[C@@H](n3ccc(=O)[nH]c3=O)[C@@H]3OC(C)(C)O[C@@H]32)C[C@@H]1O[Si](C)(C)C(C)(C)C. The van der Waals surface area contributed by atoms with Crippen molar-refractivity contribution >= 4 is 14.3 Å². The number of fused-ring (bicyclic) bond motifs is 1. The summed E-state index contributed by atoms with van der Waals surface area (Å²) in [6.45, 7) is 17.7. The number of esters is 1. The molecule has 4 heterocycles. The Hall–Kier alpha value is -1.87. The molecule has 0 aliphatic carbocycles. The molecule has 0 radical (unpaired) electrons. The molecule has 3 fully saturated rings. The second-order valence-electron chi connectivity index (χ2n) is 12.5. The molecular formula is C26H42N2O10Si. The van der Waals surface area contributed by atoms with Crippen LogP contribution in [-0.4, -0.2) is 79.1 Å². The van der Waals surface area contributed by atoms with Gasteiger partial charge in [-0.25, -0.2) is 4.79 Å². The zero-order valence-electron chi connectivity index (χ0n) is 24.2. The van der Waals surface area contributed by atoms with Crippen LogP contribution >= 0.6 is 0 Å². The molecule has 1 N–H and O–H groups in total. The van der Waals surface area contributed by atoms with E-state index in [1.54, 1.807) is 13.8 Å². The summed E-state index contributed by atoms with van der Waals surface area (Å²) >= 11 is 0. The molecule has 4 rings (SSSR count). The van der Waals surface area contributed by atoms with Crippen LogP contribution in [0.1, 0.15) is 61.1 Å². The van der Waals surface area contributed by atoms with Crippen molar-refractivity contribution in [3.8, 4) is 0 Å². The molecule has 0 spiro atoms. The number of aromatic nitrogens is 2. The predicted molar refractivity (Wildman–Crippen MR) is 142 cm³/mol. The Bertz CT molecular complexity index is 1160. The quantitative estimate of drug-likeness (QED) is 0.384. The predicted octanol–water partition coefficient (Wildman–Crippen LogP) is 2.43. The van der Waals surface area contributed by atoms with Crippen LogP contribution in [0.3, 0.4) is 0 Å². The molecule has 13 heteroatoms. The summed E-state index contributed by atoms with van der Waals surface area (Å²) in [6.07, 6.45) is -2.83. The second kappa shape index (κ2) is 10.8. The molecule has 1 aromatic heterocycles. The van der Waals surface area contributed by atoms with Crippen LogP contribution in [0.15, 0.2) is 21.9 Å². The van der Waals surface area contributed by atoms with Gasteiger partial charge in [-0.05, 0) is 38.9 Å². The Balaban J connectivity index is 1.49. The minimum absolute atomic E-state index is 0.0419. The fraction of sp³-hybridized carbons (Fsp3) is 0.808. The van der Waals surface area contributed by atoms with Crippen molar-refractivity contribution in [3.05, 3.63) is 33.1 Å². The number of nitrogens with one attached hydrogen (secondary N) is 1. The molecule has 12 nitrogen and oxygen atoms in total. The van der Waals surface area contributed by atoms with E-state index in [4.69, 9.17) is 32.8 Å². The zero-order chi connectivity index (χ0) is 28.9. The number of H-pyrrole nitrogens is 1. The lowest BCUT2D eigenvalue weighted by atomic mass is 10.0. The first kappa shape index (κ1) is 30.1. The molecule has 3 aliphatic heterocycles. The van der Waals surface area contributed by atoms with Gasteiger partial charge in [0.1, 0.15) is 18.3 Å². The summed E-state index contributed by atoms with van der Waals surface area (Å²) in [5, 5.41) is -0.0419. The van der Waals surface area contributed by atoms with E-state index in [-0.39, 0.29) is 11.6 Å². The third-order valence-electron chi connectivity index (χ3n) is 7.87. The van der Waals surface area contributed by atoms with Gasteiger partial charge in [0.25, 0.3) is 5.56 Å². The van der Waals surface area contributed by atoms with E-state index in [9.17, 15) is 14.4 Å². The number of carbonyl (C=O) groups is 1. The maximum absolute atomic E-state index is 12.5. The van der Waals surface area contributed by atoms with Crippen LogP contribution in [-0.2, 0) is 37.6 Å². The number of nitrogens with zero attached hydrogens (tertiary/aromatic N) is 1. The Labute approximate surface area is 229 Å². The second-order valence-corrected chi connectivity index (χ2v) is 17.2. The van der Waals surface area contributed by atoms with Gasteiger partial charge < -0.3 is 32.8 Å². The van der Waals surface area contributed by atoms with Crippen LogP contribution in [0.4, 0.5) is 0 Å². The Morgan fingerprint density at radius 2 is 1.85 bits per heavy atom. The highest BCUT2D eigenvalue weighted by Gasteiger charge is 2.56. The molecule has 220 valence electrons. The highest BCUT2D eigenvalue weighted by molar-refractivity contribution is 6.74. The van der Waals surface area contributed by atoms with Crippen LogP contribution < -0.4 is 11.2 Å². The Morgan fingerprint density at radius 3 is 2.46 bits per heavy atom. The molecule has 3 aliphatic rings. The third kappa shape index (κ3) is 6.55. The van der Waals surface area contributed by atoms with Gasteiger partial charge >= 0.3 is 11.7 Å². The maximum Gasteiger partial charge on any atom is 0.330 e. The van der Waals surface area contributed by atoms with Gasteiger partial charge in [-0.2, -0.15) is 0 Å². The summed E-state index contributed by atoms with van der Waals surface area (Å²) in [6, 6.07) is 1.25. The first-order valence-corrected chi connectivity index (χ1v) is 16.3. The topological polar surface area (TPSA) is 137 Å². The van der Waals surface area contributed by atoms with E-state index in [1.165, 1.54) is 23.8 Å². The molecule has 1 aromatic rings. The van der Waals surface area contributed by atoms with Crippen molar-refractivity contribution in [2.45, 2.75) is 128 Å². The van der Waals surface area contributed by atoms with E-state index >= 15 is 0 Å². The van der Waals surface area contributed by atoms with E-state index in [0.29, 0.717) is 6.42 Å². The number of ether oxygens (including phenoxy) is 6. The summed E-state index contributed by atoms with van der Waals surface area (Å²) in [4.78, 5) is 38.2. The average Bonchev–Trinajstić information content (AvgIpc) is 3.26. The van der Waals surface area contributed by atoms with Gasteiger partial charge in [0, 0.05) is 25.6 Å². The van der Waals surface area contributed by atoms with Gasteiger partial charge in [0.15, 0.2) is 32.7 Å². The molecular weight excluding hydrogens is 528 g/mol. The van der Waals surface area contributed by atoms with Crippen LogP contribution in [0.5, 0.6) is 0 Å². The van der Waals surface area contributed by atoms with Gasteiger partial charge in [-0.1, -0.05) is 20.8 Å². The normalized spacial score (nSPS) is 34.6. The fourth-order valence-electron chi connectivity index (χ4n) is 4.99. The lowest BCUT2D eigenvalue weighted by molar-refractivity contribution is -0.261. The van der Waals surface area contributed by atoms with E-state index in [2.05, 4.69) is 38.8 Å². The molecule has 0 saturated carbocycles. The standard InChI is InChI=1S/C26H42N2O10Si/c1-14-20(34-15(2)29)16(38-39(8,9)25(3,4)5)12-19(33-14)32-13-17-21-22(37-26(6,7)36-21)23(35-17)28-11-10-18(30)27-24(28)31/h10-11,14,16-17,19-23H,12-13H2,1-9H3,(H,27,30,31)/t14-,16-,17+,19-,20-,21+,22+,23+/m0/s1. The molecule has 0 aromatic carbocycles. The lowest BCUT2D eigenvalue weighted by Crippen LogP contribution is -2.56. The summed E-state index contributed by atoms with van der Waals surface area (Å²) in [7, 11) is -2.20. The van der Waals surface area contributed by atoms with E-state index < -0.39 is 80.5 Å². The van der Waals surface area contributed by atoms with E-state index in [0.717, 1.165) is 0 Å². The number of aromatic amines is 1. The van der Waals surface area contributed by atoms with Crippen molar-refractivity contribution in [2.24, 2.45) is 0 Å². The number of hydrogen-bond acceptors (Lipinski definition) is 10. The van der Waals surface area contributed by atoms with Gasteiger partial charge in [-0.3, -0.25) is 19.1 Å². The first-order chi connectivity index (χ1) is 18.0. The smallest absolute Gasteiger partial charge is 0.330 e. The number of hydrogen-bond donors (Lipinski definition) is 1. The van der Waals surface area contributed by atoms with Gasteiger partial charge in [-0.15, -0.1) is 0 Å². The average molecular weight is 571 g/mol. The number of carbonyl (C=O) groups excluding carboxylic acids is 1. The zero-order valence-corrected chi connectivity index (χ0v) is 25.2. The largest absolute Gasteiger partial charge is 0.457 e. The van der Waals surface area contributed by atoms with Gasteiger partial charge in [0.2, 0.25) is 0 Å². The summed E-state index contributed by atoms with van der Waals surface area (Å²) < 4.78 is 44.3. The van der Waals surface area contributed by atoms with Crippen molar-refractivity contribution < 1.29 is 37.6 Å². The van der Waals surface area contributed by atoms with Crippen molar-refractivity contribution in [3.63, 3.8) is 0 Å². The third-order valence-corrected chi connectivity index (χ3v) is 12.4. The molecule has 3 saturated heterocycles. The highest BCUT2D eigenvalue weighted by Crippen LogP contribution is 2.43. The molecule has 0 unspecified atom stereocenters. The molecule has 0 bridgehead atoms. The first-order valence-electron chi connectivity index (χ1n) is 13.4. The maximum atomic E-state index is 12.5. The Morgan fingerprint density at radius 1 is 1.18 bits per heavy atom.